The zero-order chi connectivity index (χ0) is 8.10. The minimum absolute atomic E-state index is 0.0369. The lowest BCUT2D eigenvalue weighted by Crippen LogP contribution is -2.21. The average Bonchev–Trinajstić information content (AvgIpc) is 2.09. The van der Waals surface area contributed by atoms with Gasteiger partial charge >= 0.3 is 0 Å². The van der Waals surface area contributed by atoms with E-state index in [4.69, 9.17) is 5.11 Å². The van der Waals surface area contributed by atoms with Crippen molar-refractivity contribution in [2.75, 3.05) is 13.7 Å². The number of likely N-dealkylation sites (N-methyl/N-ethyl adjacent to an activating group) is 1. The Balaban J connectivity index is 2.74. The smallest absolute Gasteiger partial charge is 0.0779 e. The number of nitrogens with one attached hydrogen (secondary N) is 1. The normalized spacial score (nSPS) is 12.9. The first-order valence-electron chi connectivity index (χ1n) is 3.42. The van der Waals surface area contributed by atoms with Crippen LogP contribution in [0.15, 0.2) is 18.6 Å². The van der Waals surface area contributed by atoms with Crippen molar-refractivity contribution in [3.63, 3.8) is 0 Å². The molecule has 0 radical (unpaired) electrons. The van der Waals surface area contributed by atoms with E-state index in [2.05, 4.69) is 15.3 Å². The van der Waals surface area contributed by atoms with Crippen molar-refractivity contribution in [1.82, 2.24) is 15.3 Å². The van der Waals surface area contributed by atoms with Crippen LogP contribution in [0.3, 0.4) is 0 Å². The third-order valence-electron chi connectivity index (χ3n) is 1.47. The molecule has 0 bridgehead atoms. The van der Waals surface area contributed by atoms with E-state index in [9.17, 15) is 0 Å². The molecule has 0 aromatic carbocycles. The van der Waals surface area contributed by atoms with Crippen molar-refractivity contribution in [1.29, 1.82) is 0 Å². The van der Waals surface area contributed by atoms with Gasteiger partial charge in [0.25, 0.3) is 0 Å². The summed E-state index contributed by atoms with van der Waals surface area (Å²) < 4.78 is 0. The zero-order valence-electron chi connectivity index (χ0n) is 6.36. The first kappa shape index (κ1) is 8.10. The Morgan fingerprint density at radius 2 is 2.45 bits per heavy atom. The molecule has 0 aliphatic carbocycles. The van der Waals surface area contributed by atoms with Crippen LogP contribution in [0.25, 0.3) is 0 Å². The van der Waals surface area contributed by atoms with Gasteiger partial charge in [0.2, 0.25) is 0 Å². The molecule has 11 heavy (non-hydrogen) atoms. The summed E-state index contributed by atoms with van der Waals surface area (Å²) in [6.45, 7) is 0.0369. The van der Waals surface area contributed by atoms with Gasteiger partial charge in [-0.05, 0) is 7.05 Å². The molecule has 1 heterocycles. The predicted octanol–water partition coefficient (Wildman–Crippen LogP) is -0.271. The largest absolute Gasteiger partial charge is 0.394 e. The van der Waals surface area contributed by atoms with Gasteiger partial charge in [-0.25, -0.2) is 0 Å². The average molecular weight is 153 g/mol. The van der Waals surface area contributed by atoms with Gasteiger partial charge < -0.3 is 10.4 Å². The number of aliphatic hydroxyl groups is 1. The maximum absolute atomic E-state index is 8.85. The van der Waals surface area contributed by atoms with Crippen molar-refractivity contribution < 1.29 is 5.11 Å². The zero-order valence-corrected chi connectivity index (χ0v) is 6.36. The Hall–Kier alpha value is -1.00. The first-order valence-corrected chi connectivity index (χ1v) is 3.42. The summed E-state index contributed by atoms with van der Waals surface area (Å²) in [5.41, 5.74) is 0.762. The molecule has 1 atom stereocenters. The van der Waals surface area contributed by atoms with Gasteiger partial charge in [0, 0.05) is 12.4 Å². The van der Waals surface area contributed by atoms with E-state index in [0.717, 1.165) is 5.69 Å². The van der Waals surface area contributed by atoms with Crippen molar-refractivity contribution in [2.24, 2.45) is 0 Å². The molecule has 4 nitrogen and oxygen atoms in total. The molecular weight excluding hydrogens is 142 g/mol. The monoisotopic (exact) mass is 153 g/mol. The van der Waals surface area contributed by atoms with Crippen LogP contribution in [-0.2, 0) is 0 Å². The number of hydrogen-bond donors (Lipinski definition) is 2. The third kappa shape index (κ3) is 1.96. The fourth-order valence-electron chi connectivity index (χ4n) is 0.823. The van der Waals surface area contributed by atoms with Gasteiger partial charge in [-0.2, -0.15) is 0 Å². The lowest BCUT2D eigenvalue weighted by Gasteiger charge is -2.10. The van der Waals surface area contributed by atoms with Gasteiger partial charge in [0.15, 0.2) is 0 Å². The van der Waals surface area contributed by atoms with E-state index in [1.54, 1.807) is 25.6 Å². The molecule has 0 aliphatic rings. The summed E-state index contributed by atoms with van der Waals surface area (Å²) in [4.78, 5) is 7.92. The number of hydrogen-bond acceptors (Lipinski definition) is 4. The van der Waals surface area contributed by atoms with Crippen molar-refractivity contribution in [3.8, 4) is 0 Å². The van der Waals surface area contributed by atoms with Crippen LogP contribution >= 0.6 is 0 Å². The molecule has 0 amide bonds. The van der Waals surface area contributed by atoms with Crippen molar-refractivity contribution >= 4 is 0 Å². The fourth-order valence-corrected chi connectivity index (χ4v) is 0.823. The fraction of sp³-hybridized carbons (Fsp3) is 0.429. The molecule has 0 spiro atoms. The Morgan fingerprint density at radius 3 is 2.91 bits per heavy atom. The van der Waals surface area contributed by atoms with Crippen LogP contribution < -0.4 is 5.32 Å². The second-order valence-corrected chi connectivity index (χ2v) is 2.15. The highest BCUT2D eigenvalue weighted by atomic mass is 16.3. The Bertz CT molecular complexity index is 198. The SMILES string of the molecule is CNC(CO)c1cnccn1. The molecule has 1 aromatic heterocycles. The minimum atomic E-state index is -0.108. The summed E-state index contributed by atoms with van der Waals surface area (Å²) >= 11 is 0. The van der Waals surface area contributed by atoms with Crippen LogP contribution in [0.1, 0.15) is 11.7 Å². The Morgan fingerprint density at radius 1 is 1.64 bits per heavy atom. The molecule has 4 heteroatoms. The second-order valence-electron chi connectivity index (χ2n) is 2.15. The number of nitrogens with zero attached hydrogens (tertiary/aromatic N) is 2. The topological polar surface area (TPSA) is 58.0 Å². The molecule has 60 valence electrons. The van der Waals surface area contributed by atoms with Gasteiger partial charge in [-0.3, -0.25) is 9.97 Å². The van der Waals surface area contributed by atoms with E-state index in [0.29, 0.717) is 0 Å². The standard InChI is InChI=1S/C7H11N3O/c1-8-7(5-11)6-4-9-2-3-10-6/h2-4,7-8,11H,5H2,1H3. The Kier molecular flexibility index (Phi) is 2.95. The summed E-state index contributed by atoms with van der Waals surface area (Å²) in [5.74, 6) is 0. The molecule has 1 aromatic rings. The molecule has 2 N–H and O–H groups in total. The van der Waals surface area contributed by atoms with Crippen molar-refractivity contribution in [2.45, 2.75) is 6.04 Å². The molecule has 0 saturated carbocycles. The summed E-state index contributed by atoms with van der Waals surface area (Å²) in [7, 11) is 1.77. The molecule has 1 rings (SSSR count). The highest BCUT2D eigenvalue weighted by Gasteiger charge is 2.07. The van der Waals surface area contributed by atoms with E-state index in [1.165, 1.54) is 0 Å². The van der Waals surface area contributed by atoms with Crippen LogP contribution in [0.4, 0.5) is 0 Å². The first-order chi connectivity index (χ1) is 5.38. The van der Waals surface area contributed by atoms with Crippen LogP contribution in [0, 0.1) is 0 Å². The van der Waals surface area contributed by atoms with Crippen LogP contribution in [0.5, 0.6) is 0 Å². The highest BCUT2D eigenvalue weighted by molar-refractivity contribution is 5.01. The maximum atomic E-state index is 8.85. The van der Waals surface area contributed by atoms with Gasteiger partial charge in [0.05, 0.1) is 24.5 Å². The molecule has 1 unspecified atom stereocenters. The predicted molar refractivity (Wildman–Crippen MR) is 40.9 cm³/mol. The van der Waals surface area contributed by atoms with Crippen molar-refractivity contribution in [3.05, 3.63) is 24.3 Å². The van der Waals surface area contributed by atoms with Crippen LogP contribution in [0.2, 0.25) is 0 Å². The Labute approximate surface area is 65.3 Å². The van der Waals surface area contributed by atoms with Gasteiger partial charge in [-0.1, -0.05) is 0 Å². The second kappa shape index (κ2) is 4.00. The van der Waals surface area contributed by atoms with E-state index in [-0.39, 0.29) is 12.6 Å². The molecular formula is C7H11N3O. The molecule has 0 fully saturated rings. The van der Waals surface area contributed by atoms with Gasteiger partial charge in [0.1, 0.15) is 0 Å². The van der Waals surface area contributed by atoms with E-state index < -0.39 is 0 Å². The highest BCUT2D eigenvalue weighted by Crippen LogP contribution is 2.04. The van der Waals surface area contributed by atoms with Crippen LogP contribution in [-0.4, -0.2) is 28.7 Å². The number of rotatable bonds is 3. The summed E-state index contributed by atoms with van der Waals surface area (Å²) in [5, 5.41) is 11.8. The van der Waals surface area contributed by atoms with E-state index in [1.807, 2.05) is 0 Å². The summed E-state index contributed by atoms with van der Waals surface area (Å²) in [6, 6.07) is -0.108. The maximum Gasteiger partial charge on any atom is 0.0779 e. The quantitative estimate of drug-likeness (QED) is 0.627. The third-order valence-corrected chi connectivity index (χ3v) is 1.47. The molecule has 0 saturated heterocycles. The minimum Gasteiger partial charge on any atom is -0.394 e. The summed E-state index contributed by atoms with van der Waals surface area (Å²) in [6.07, 6.45) is 4.85. The van der Waals surface area contributed by atoms with Gasteiger partial charge in [-0.15, -0.1) is 0 Å². The van der Waals surface area contributed by atoms with E-state index >= 15 is 0 Å². The lowest BCUT2D eigenvalue weighted by molar-refractivity contribution is 0.248. The molecule has 0 aliphatic heterocycles. The number of aromatic nitrogens is 2. The number of aliphatic hydroxyl groups excluding tert-OH is 1. The lowest BCUT2D eigenvalue weighted by atomic mass is 10.2.